The van der Waals surface area contributed by atoms with Crippen molar-refractivity contribution in [2.45, 2.75) is 32.9 Å². The van der Waals surface area contributed by atoms with Crippen LogP contribution in [-0.2, 0) is 6.54 Å². The number of hydrogen-bond acceptors (Lipinski definition) is 2. The van der Waals surface area contributed by atoms with Crippen molar-refractivity contribution < 1.29 is 0 Å². The number of rotatable bonds is 6. The summed E-state index contributed by atoms with van der Waals surface area (Å²) in [5, 5.41) is 8.68. The molecule has 108 valence electrons. The van der Waals surface area contributed by atoms with Crippen LogP contribution in [0.15, 0.2) is 34.9 Å². The third-order valence-corrected chi connectivity index (χ3v) is 4.00. The van der Waals surface area contributed by atoms with Crippen molar-refractivity contribution in [3.63, 3.8) is 0 Å². The molecule has 0 bridgehead atoms. The molecule has 1 unspecified atom stereocenters. The zero-order chi connectivity index (χ0) is 14.5. The van der Waals surface area contributed by atoms with Gasteiger partial charge in [0.2, 0.25) is 0 Å². The summed E-state index contributed by atoms with van der Waals surface area (Å²) in [7, 11) is 0. The SMILES string of the molecule is CCCn1nccc1C(NCC)c1cc(Br)ccc1Cl. The number of nitrogens with one attached hydrogen (secondary N) is 1. The van der Waals surface area contributed by atoms with Crippen LogP contribution >= 0.6 is 27.5 Å². The third kappa shape index (κ3) is 3.43. The summed E-state index contributed by atoms with van der Waals surface area (Å²) in [5.74, 6) is 0. The first kappa shape index (κ1) is 15.5. The fraction of sp³-hybridized carbons (Fsp3) is 0.400. The second-order valence-electron chi connectivity index (χ2n) is 4.64. The summed E-state index contributed by atoms with van der Waals surface area (Å²) < 4.78 is 3.08. The molecular weight excluding hydrogens is 338 g/mol. The molecule has 1 atom stereocenters. The van der Waals surface area contributed by atoms with Gasteiger partial charge in [-0.05, 0) is 42.8 Å². The molecule has 2 rings (SSSR count). The highest BCUT2D eigenvalue weighted by molar-refractivity contribution is 9.10. The molecule has 0 spiro atoms. The van der Waals surface area contributed by atoms with Gasteiger partial charge in [0.1, 0.15) is 0 Å². The summed E-state index contributed by atoms with van der Waals surface area (Å²) in [6.07, 6.45) is 2.90. The van der Waals surface area contributed by atoms with E-state index in [1.165, 1.54) is 0 Å². The number of halogens is 2. The quantitative estimate of drug-likeness (QED) is 0.831. The molecule has 1 aromatic heterocycles. The van der Waals surface area contributed by atoms with Crippen LogP contribution < -0.4 is 5.32 Å². The minimum Gasteiger partial charge on any atom is -0.305 e. The maximum absolute atomic E-state index is 6.38. The van der Waals surface area contributed by atoms with Crippen LogP contribution in [-0.4, -0.2) is 16.3 Å². The minimum absolute atomic E-state index is 0.0547. The Labute approximate surface area is 133 Å². The van der Waals surface area contributed by atoms with Crippen LogP contribution in [0.3, 0.4) is 0 Å². The van der Waals surface area contributed by atoms with Gasteiger partial charge in [-0.3, -0.25) is 4.68 Å². The molecular formula is C15H19BrClN3. The fourth-order valence-electron chi connectivity index (χ4n) is 2.30. The molecule has 0 radical (unpaired) electrons. The third-order valence-electron chi connectivity index (χ3n) is 3.16. The molecule has 0 saturated heterocycles. The van der Waals surface area contributed by atoms with Crippen LogP contribution in [0.1, 0.15) is 37.6 Å². The summed E-state index contributed by atoms with van der Waals surface area (Å²) in [6.45, 7) is 6.03. The van der Waals surface area contributed by atoms with Crippen molar-refractivity contribution in [1.82, 2.24) is 15.1 Å². The maximum Gasteiger partial charge on any atom is 0.0763 e. The highest BCUT2D eigenvalue weighted by Crippen LogP contribution is 2.30. The zero-order valence-electron chi connectivity index (χ0n) is 11.7. The second-order valence-corrected chi connectivity index (χ2v) is 5.96. The number of aryl methyl sites for hydroxylation is 1. The van der Waals surface area contributed by atoms with Crippen molar-refractivity contribution in [3.05, 3.63) is 51.2 Å². The molecule has 2 aromatic rings. The van der Waals surface area contributed by atoms with Gasteiger partial charge < -0.3 is 5.32 Å². The van der Waals surface area contributed by atoms with E-state index in [4.69, 9.17) is 11.6 Å². The summed E-state index contributed by atoms with van der Waals surface area (Å²) in [6, 6.07) is 8.06. The van der Waals surface area contributed by atoms with Gasteiger partial charge in [0, 0.05) is 22.2 Å². The number of benzene rings is 1. The summed E-state index contributed by atoms with van der Waals surface area (Å²) in [5.41, 5.74) is 2.22. The zero-order valence-corrected chi connectivity index (χ0v) is 14.1. The maximum atomic E-state index is 6.38. The van der Waals surface area contributed by atoms with E-state index in [9.17, 15) is 0 Å². The topological polar surface area (TPSA) is 29.9 Å². The summed E-state index contributed by atoms with van der Waals surface area (Å²) in [4.78, 5) is 0. The first-order valence-electron chi connectivity index (χ1n) is 6.87. The Morgan fingerprint density at radius 3 is 2.85 bits per heavy atom. The monoisotopic (exact) mass is 355 g/mol. The lowest BCUT2D eigenvalue weighted by Crippen LogP contribution is -2.25. The largest absolute Gasteiger partial charge is 0.305 e. The molecule has 20 heavy (non-hydrogen) atoms. The van der Waals surface area contributed by atoms with E-state index in [1.54, 1.807) is 0 Å². The van der Waals surface area contributed by atoms with Crippen LogP contribution in [0.25, 0.3) is 0 Å². The van der Waals surface area contributed by atoms with Gasteiger partial charge in [0.15, 0.2) is 0 Å². The van der Waals surface area contributed by atoms with Gasteiger partial charge in [0.25, 0.3) is 0 Å². The van der Waals surface area contributed by atoms with Gasteiger partial charge in [-0.25, -0.2) is 0 Å². The van der Waals surface area contributed by atoms with E-state index in [2.05, 4.69) is 52.3 Å². The molecule has 0 aliphatic carbocycles. The smallest absolute Gasteiger partial charge is 0.0763 e. The highest BCUT2D eigenvalue weighted by atomic mass is 79.9. The average Bonchev–Trinajstić information content (AvgIpc) is 2.88. The second kappa shape index (κ2) is 7.25. The van der Waals surface area contributed by atoms with E-state index >= 15 is 0 Å². The Morgan fingerprint density at radius 2 is 2.15 bits per heavy atom. The van der Waals surface area contributed by atoms with E-state index in [0.717, 1.165) is 40.3 Å². The molecule has 0 fully saturated rings. The fourth-order valence-corrected chi connectivity index (χ4v) is 2.91. The van der Waals surface area contributed by atoms with Crippen molar-refractivity contribution >= 4 is 27.5 Å². The molecule has 1 aromatic carbocycles. The van der Waals surface area contributed by atoms with Crippen molar-refractivity contribution in [2.24, 2.45) is 0 Å². The standard InChI is InChI=1S/C15H19BrClN3/c1-3-9-20-14(7-8-19-20)15(18-4-2)12-10-11(16)5-6-13(12)17/h5-8,10,15,18H,3-4,9H2,1-2H3. The van der Waals surface area contributed by atoms with E-state index < -0.39 is 0 Å². The Kier molecular flexibility index (Phi) is 5.64. The van der Waals surface area contributed by atoms with Gasteiger partial charge in [-0.1, -0.05) is 41.4 Å². The van der Waals surface area contributed by atoms with Gasteiger partial charge in [-0.2, -0.15) is 5.10 Å². The minimum atomic E-state index is 0.0547. The normalized spacial score (nSPS) is 12.6. The predicted molar refractivity (Wildman–Crippen MR) is 87.2 cm³/mol. The number of aromatic nitrogens is 2. The highest BCUT2D eigenvalue weighted by Gasteiger charge is 2.20. The Balaban J connectivity index is 2.44. The summed E-state index contributed by atoms with van der Waals surface area (Å²) >= 11 is 9.90. The molecule has 0 aliphatic heterocycles. The van der Waals surface area contributed by atoms with Crippen molar-refractivity contribution in [1.29, 1.82) is 0 Å². The van der Waals surface area contributed by atoms with Gasteiger partial charge in [0.05, 0.1) is 11.7 Å². The molecule has 1 heterocycles. The van der Waals surface area contributed by atoms with Crippen LogP contribution in [0.2, 0.25) is 5.02 Å². The molecule has 0 saturated carbocycles. The average molecular weight is 357 g/mol. The van der Waals surface area contributed by atoms with E-state index in [1.807, 2.05) is 23.0 Å². The van der Waals surface area contributed by atoms with Crippen LogP contribution in [0.5, 0.6) is 0 Å². The first-order chi connectivity index (χ1) is 9.67. The Morgan fingerprint density at radius 1 is 1.35 bits per heavy atom. The van der Waals surface area contributed by atoms with Gasteiger partial charge in [-0.15, -0.1) is 0 Å². The molecule has 0 aliphatic rings. The number of nitrogens with zero attached hydrogens (tertiary/aromatic N) is 2. The Bertz CT molecular complexity index is 568. The first-order valence-corrected chi connectivity index (χ1v) is 8.04. The molecule has 0 amide bonds. The van der Waals surface area contributed by atoms with E-state index in [0.29, 0.717) is 0 Å². The van der Waals surface area contributed by atoms with Gasteiger partial charge >= 0.3 is 0 Å². The van der Waals surface area contributed by atoms with Crippen molar-refractivity contribution in [3.8, 4) is 0 Å². The van der Waals surface area contributed by atoms with Crippen LogP contribution in [0, 0.1) is 0 Å². The molecule has 5 heteroatoms. The molecule has 3 nitrogen and oxygen atoms in total. The van der Waals surface area contributed by atoms with Crippen LogP contribution in [0.4, 0.5) is 0 Å². The van der Waals surface area contributed by atoms with E-state index in [-0.39, 0.29) is 6.04 Å². The predicted octanol–water partition coefficient (Wildman–Crippen LogP) is 4.41. The number of hydrogen-bond donors (Lipinski definition) is 1. The lowest BCUT2D eigenvalue weighted by molar-refractivity contribution is 0.520. The Hall–Kier alpha value is -0.840. The molecule has 1 N–H and O–H groups in total. The lowest BCUT2D eigenvalue weighted by Gasteiger charge is -2.21. The van der Waals surface area contributed by atoms with Crippen molar-refractivity contribution in [2.75, 3.05) is 6.54 Å². The lowest BCUT2D eigenvalue weighted by atomic mass is 10.0.